The number of hydrogen-bond donors (Lipinski definition) is 2. The van der Waals surface area contributed by atoms with Crippen molar-refractivity contribution in [1.82, 2.24) is 5.06 Å². The zero-order valence-corrected chi connectivity index (χ0v) is 14.0. The molecule has 1 aliphatic heterocycles. The van der Waals surface area contributed by atoms with Gasteiger partial charge in [-0.3, -0.25) is 5.21 Å². The molecule has 0 saturated carbocycles. The lowest BCUT2D eigenvalue weighted by molar-refractivity contribution is -0.0373. The molecule has 1 saturated heterocycles. The van der Waals surface area contributed by atoms with Crippen LogP contribution in [0.1, 0.15) is 32.1 Å². The Hall–Kier alpha value is -2.30. The fraction of sp³-hybridized carbons (Fsp3) is 0.500. The van der Waals surface area contributed by atoms with Crippen molar-refractivity contribution in [2.45, 2.75) is 44.3 Å². The van der Waals surface area contributed by atoms with Crippen molar-refractivity contribution in [1.29, 1.82) is 0 Å². The minimum atomic E-state index is -0.898. The number of hydroxylamine groups is 2. The van der Waals surface area contributed by atoms with Crippen molar-refractivity contribution in [3.05, 3.63) is 30.1 Å². The van der Waals surface area contributed by atoms with Gasteiger partial charge in [-0.15, -0.1) is 0 Å². The van der Waals surface area contributed by atoms with Crippen molar-refractivity contribution in [3.63, 3.8) is 0 Å². The fourth-order valence-electron chi connectivity index (χ4n) is 2.48. The van der Waals surface area contributed by atoms with E-state index in [2.05, 4.69) is 11.8 Å². The van der Waals surface area contributed by atoms with E-state index >= 15 is 0 Å². The van der Waals surface area contributed by atoms with E-state index in [0.717, 1.165) is 25.7 Å². The highest BCUT2D eigenvalue weighted by atomic mass is 19.1. The van der Waals surface area contributed by atoms with Crippen LogP contribution in [0.15, 0.2) is 24.3 Å². The fourth-order valence-corrected chi connectivity index (χ4v) is 2.48. The molecule has 2 rings (SSSR count). The average Bonchev–Trinajstić information content (AvgIpc) is 2.83. The van der Waals surface area contributed by atoms with Gasteiger partial charge in [-0.25, -0.2) is 14.2 Å². The van der Waals surface area contributed by atoms with Crippen LogP contribution in [-0.2, 0) is 4.74 Å². The molecule has 136 valence electrons. The molecule has 1 aromatic carbocycles. The zero-order valence-electron chi connectivity index (χ0n) is 14.0. The summed E-state index contributed by atoms with van der Waals surface area (Å²) in [5.74, 6) is 6.23. The Labute approximate surface area is 146 Å². The Morgan fingerprint density at radius 1 is 1.36 bits per heavy atom. The van der Waals surface area contributed by atoms with E-state index in [-0.39, 0.29) is 24.6 Å². The molecule has 7 heteroatoms. The number of carbonyl (C=O) groups excluding carboxylic acids is 1. The number of rotatable bonds is 5. The first-order valence-corrected chi connectivity index (χ1v) is 8.32. The lowest BCUT2D eigenvalue weighted by atomic mass is 10.1. The highest BCUT2D eigenvalue weighted by molar-refractivity contribution is 5.70. The molecule has 0 aliphatic carbocycles. The number of benzene rings is 1. The van der Waals surface area contributed by atoms with Gasteiger partial charge in [0.1, 0.15) is 24.3 Å². The normalized spacial score (nSPS) is 20.1. The standard InChI is InChI=1S/C18H23FN2O4/c19-14-8-10-15(11-9-14)24-13-17-7-2-1-5-16(25-17)6-3-4-12-21(23)18(20)22/h8-11,16-17,23H,1-2,4-5,7,12-13H2,(H2,20,22). The second kappa shape index (κ2) is 9.87. The quantitative estimate of drug-likeness (QED) is 0.486. The molecule has 3 N–H and O–H groups in total. The van der Waals surface area contributed by atoms with Gasteiger partial charge in [0.05, 0.1) is 12.6 Å². The molecule has 25 heavy (non-hydrogen) atoms. The molecule has 2 unspecified atom stereocenters. The molecule has 1 heterocycles. The highest BCUT2D eigenvalue weighted by Gasteiger charge is 2.19. The van der Waals surface area contributed by atoms with Crippen LogP contribution in [0, 0.1) is 17.7 Å². The summed E-state index contributed by atoms with van der Waals surface area (Å²) in [6.07, 6.45) is 3.79. The Morgan fingerprint density at radius 2 is 2.08 bits per heavy atom. The highest BCUT2D eigenvalue weighted by Crippen LogP contribution is 2.20. The summed E-state index contributed by atoms with van der Waals surface area (Å²) >= 11 is 0. The molecule has 1 fully saturated rings. The van der Waals surface area contributed by atoms with Crippen molar-refractivity contribution >= 4 is 6.03 Å². The number of ether oxygens (including phenoxy) is 2. The number of hydrogen-bond acceptors (Lipinski definition) is 4. The summed E-state index contributed by atoms with van der Waals surface area (Å²) in [6, 6.07) is 4.98. The van der Waals surface area contributed by atoms with Gasteiger partial charge < -0.3 is 15.2 Å². The SMILES string of the molecule is NC(=O)N(O)CCC#CC1CCCCC(COc2ccc(F)cc2)O1. The Morgan fingerprint density at radius 3 is 2.80 bits per heavy atom. The summed E-state index contributed by atoms with van der Waals surface area (Å²) in [5.41, 5.74) is 4.92. The van der Waals surface area contributed by atoms with E-state index in [1.165, 1.54) is 12.1 Å². The van der Waals surface area contributed by atoms with Crippen molar-refractivity contribution < 1.29 is 23.9 Å². The monoisotopic (exact) mass is 350 g/mol. The number of amides is 2. The summed E-state index contributed by atoms with van der Waals surface area (Å²) in [5, 5.41) is 9.60. The van der Waals surface area contributed by atoms with Gasteiger partial charge in [-0.05, 0) is 43.5 Å². The average molecular weight is 350 g/mol. The van der Waals surface area contributed by atoms with Crippen LogP contribution in [0.4, 0.5) is 9.18 Å². The number of carbonyl (C=O) groups is 1. The first kappa shape index (κ1) is 19.0. The van der Waals surface area contributed by atoms with Gasteiger partial charge in [0.2, 0.25) is 0 Å². The van der Waals surface area contributed by atoms with Crippen LogP contribution >= 0.6 is 0 Å². The molecule has 2 atom stereocenters. The first-order chi connectivity index (χ1) is 12.0. The third-order valence-corrected chi connectivity index (χ3v) is 3.81. The van der Waals surface area contributed by atoms with E-state index in [1.807, 2.05) is 0 Å². The molecule has 1 aromatic rings. The van der Waals surface area contributed by atoms with Crippen LogP contribution in [0.2, 0.25) is 0 Å². The number of primary amides is 1. The van der Waals surface area contributed by atoms with Crippen LogP contribution in [0.5, 0.6) is 5.75 Å². The molecular formula is C18H23FN2O4. The maximum Gasteiger partial charge on any atom is 0.338 e. The second-order valence-electron chi connectivity index (χ2n) is 5.83. The smallest absolute Gasteiger partial charge is 0.338 e. The summed E-state index contributed by atoms with van der Waals surface area (Å²) in [7, 11) is 0. The van der Waals surface area contributed by atoms with E-state index in [4.69, 9.17) is 20.4 Å². The molecule has 6 nitrogen and oxygen atoms in total. The minimum Gasteiger partial charge on any atom is -0.491 e. The van der Waals surface area contributed by atoms with E-state index in [9.17, 15) is 9.18 Å². The predicted octanol–water partition coefficient (Wildman–Crippen LogP) is 2.70. The number of halogens is 1. The van der Waals surface area contributed by atoms with Gasteiger partial charge in [-0.2, -0.15) is 0 Å². The molecule has 2 amide bonds. The van der Waals surface area contributed by atoms with Gasteiger partial charge >= 0.3 is 6.03 Å². The molecule has 0 bridgehead atoms. The number of urea groups is 1. The largest absolute Gasteiger partial charge is 0.491 e. The topological polar surface area (TPSA) is 85.0 Å². The molecule has 0 aromatic heterocycles. The summed E-state index contributed by atoms with van der Waals surface area (Å²) in [4.78, 5) is 10.7. The molecule has 1 aliphatic rings. The first-order valence-electron chi connectivity index (χ1n) is 8.32. The van der Waals surface area contributed by atoms with Crippen molar-refractivity contribution in [2.24, 2.45) is 5.73 Å². The number of nitrogens with zero attached hydrogens (tertiary/aromatic N) is 1. The predicted molar refractivity (Wildman–Crippen MR) is 89.5 cm³/mol. The van der Waals surface area contributed by atoms with E-state index in [0.29, 0.717) is 23.8 Å². The van der Waals surface area contributed by atoms with Crippen LogP contribution in [0.3, 0.4) is 0 Å². The van der Waals surface area contributed by atoms with E-state index in [1.54, 1.807) is 12.1 Å². The van der Waals surface area contributed by atoms with Gasteiger partial charge in [-0.1, -0.05) is 18.3 Å². The summed E-state index contributed by atoms with van der Waals surface area (Å²) in [6.45, 7) is 0.446. The van der Waals surface area contributed by atoms with Gasteiger partial charge in [0, 0.05) is 6.42 Å². The van der Waals surface area contributed by atoms with E-state index < -0.39 is 6.03 Å². The maximum absolute atomic E-state index is 12.9. The van der Waals surface area contributed by atoms with Crippen LogP contribution < -0.4 is 10.5 Å². The molecule has 0 radical (unpaired) electrons. The number of nitrogens with two attached hydrogens (primary N) is 1. The third-order valence-electron chi connectivity index (χ3n) is 3.81. The zero-order chi connectivity index (χ0) is 18.1. The second-order valence-corrected chi connectivity index (χ2v) is 5.83. The Kier molecular flexibility index (Phi) is 7.51. The Balaban J connectivity index is 1.79. The van der Waals surface area contributed by atoms with Crippen LogP contribution in [-0.4, -0.2) is 41.7 Å². The Bertz CT molecular complexity index is 612. The third kappa shape index (κ3) is 6.99. The van der Waals surface area contributed by atoms with Crippen molar-refractivity contribution in [3.8, 4) is 17.6 Å². The molecular weight excluding hydrogens is 327 g/mol. The summed E-state index contributed by atoms with van der Waals surface area (Å²) < 4.78 is 24.5. The molecule has 0 spiro atoms. The van der Waals surface area contributed by atoms with Gasteiger partial charge in [0.25, 0.3) is 0 Å². The van der Waals surface area contributed by atoms with Crippen molar-refractivity contribution in [2.75, 3.05) is 13.2 Å². The van der Waals surface area contributed by atoms with Gasteiger partial charge in [0.15, 0.2) is 0 Å². The lowest BCUT2D eigenvalue weighted by Crippen LogP contribution is -2.33. The van der Waals surface area contributed by atoms with Crippen LogP contribution in [0.25, 0.3) is 0 Å². The lowest BCUT2D eigenvalue weighted by Gasteiger charge is -2.19. The maximum atomic E-state index is 12.9. The minimum absolute atomic E-state index is 0.0617.